The van der Waals surface area contributed by atoms with Crippen molar-refractivity contribution in [2.45, 2.75) is 38.9 Å². The first kappa shape index (κ1) is 15.7. The zero-order chi connectivity index (χ0) is 15.5. The molecule has 2 aromatic heterocycles. The van der Waals surface area contributed by atoms with Gasteiger partial charge in [0.1, 0.15) is 11.4 Å². The third-order valence-corrected chi connectivity index (χ3v) is 4.05. The minimum absolute atomic E-state index is 0.169. The highest BCUT2D eigenvalue weighted by Gasteiger charge is 2.36. The summed E-state index contributed by atoms with van der Waals surface area (Å²) < 4.78 is 6.95. The molecule has 1 atom stereocenters. The van der Waals surface area contributed by atoms with Crippen molar-refractivity contribution in [1.29, 1.82) is 0 Å². The van der Waals surface area contributed by atoms with Crippen LogP contribution in [-0.2, 0) is 16.1 Å². The molecule has 0 radical (unpaired) electrons. The van der Waals surface area contributed by atoms with E-state index in [-0.39, 0.29) is 12.0 Å². The molecule has 0 saturated carbocycles. The van der Waals surface area contributed by atoms with E-state index >= 15 is 0 Å². The molecule has 0 spiro atoms. The molecule has 2 rings (SSSR count). The Kier molecular flexibility index (Phi) is 4.80. The predicted molar refractivity (Wildman–Crippen MR) is 84.2 cm³/mol. The van der Waals surface area contributed by atoms with Gasteiger partial charge >= 0.3 is 5.97 Å². The van der Waals surface area contributed by atoms with Crippen LogP contribution < -0.4 is 5.32 Å². The first-order chi connectivity index (χ1) is 9.96. The topological polar surface area (TPSA) is 56.2 Å². The maximum atomic E-state index is 12.2. The number of esters is 1. The smallest absolute Gasteiger partial charge is 0.327 e. The summed E-state index contributed by atoms with van der Waals surface area (Å²) >= 11 is 1.63. The highest BCUT2D eigenvalue weighted by atomic mass is 32.1. The molecule has 0 bridgehead atoms. The van der Waals surface area contributed by atoms with Crippen LogP contribution in [0.25, 0.3) is 10.7 Å². The molecule has 0 aromatic carbocycles. The largest absolute Gasteiger partial charge is 0.468 e. The monoisotopic (exact) mass is 307 g/mol. The molecule has 0 aliphatic carbocycles. The number of methoxy groups -OCH3 is 1. The van der Waals surface area contributed by atoms with Gasteiger partial charge in [-0.05, 0) is 32.2 Å². The lowest BCUT2D eigenvalue weighted by atomic mass is 10.0. The number of aromatic nitrogens is 2. The summed E-state index contributed by atoms with van der Waals surface area (Å²) in [5.74, 6) is 0.590. The number of nitrogens with one attached hydrogen (secondary N) is 1. The van der Waals surface area contributed by atoms with E-state index in [1.807, 2.05) is 49.0 Å². The van der Waals surface area contributed by atoms with Crippen molar-refractivity contribution in [3.63, 3.8) is 0 Å². The van der Waals surface area contributed by atoms with E-state index in [1.165, 1.54) is 7.11 Å². The van der Waals surface area contributed by atoms with Crippen molar-refractivity contribution in [2.75, 3.05) is 7.11 Å². The summed E-state index contributed by atoms with van der Waals surface area (Å²) in [4.78, 5) is 17.7. The third-order valence-electron chi connectivity index (χ3n) is 3.19. The SMILES string of the molecule is COC(=O)C(C)(Cn1ccnc1-c1cccs1)NC(C)C. The van der Waals surface area contributed by atoms with Crippen LogP contribution >= 0.6 is 11.3 Å². The zero-order valence-electron chi connectivity index (χ0n) is 12.8. The third kappa shape index (κ3) is 3.51. The van der Waals surface area contributed by atoms with Gasteiger partial charge in [0.25, 0.3) is 0 Å². The summed E-state index contributed by atoms with van der Waals surface area (Å²) in [6.07, 6.45) is 3.64. The number of rotatable bonds is 6. The Morgan fingerprint density at radius 1 is 1.57 bits per heavy atom. The molecule has 5 nitrogen and oxygen atoms in total. The van der Waals surface area contributed by atoms with Crippen LogP contribution in [0, 0.1) is 0 Å². The molecule has 114 valence electrons. The average Bonchev–Trinajstić information content (AvgIpc) is 3.06. The quantitative estimate of drug-likeness (QED) is 0.833. The van der Waals surface area contributed by atoms with Gasteiger partial charge in [-0.1, -0.05) is 6.07 Å². The van der Waals surface area contributed by atoms with Crippen LogP contribution in [0.15, 0.2) is 29.9 Å². The Morgan fingerprint density at radius 3 is 2.90 bits per heavy atom. The van der Waals surface area contributed by atoms with Gasteiger partial charge in [0, 0.05) is 18.4 Å². The molecule has 6 heteroatoms. The summed E-state index contributed by atoms with van der Waals surface area (Å²) in [6.45, 7) is 6.34. The first-order valence-corrected chi connectivity index (χ1v) is 7.75. The second kappa shape index (κ2) is 6.41. The Balaban J connectivity index is 2.30. The predicted octanol–water partition coefficient (Wildman–Crippen LogP) is 2.54. The van der Waals surface area contributed by atoms with E-state index in [4.69, 9.17) is 4.74 Å². The van der Waals surface area contributed by atoms with Gasteiger partial charge in [-0.2, -0.15) is 0 Å². The van der Waals surface area contributed by atoms with Crippen molar-refractivity contribution < 1.29 is 9.53 Å². The van der Waals surface area contributed by atoms with Crippen LogP contribution in [-0.4, -0.2) is 34.2 Å². The number of thiophene rings is 1. The average molecular weight is 307 g/mol. The second-order valence-electron chi connectivity index (χ2n) is 5.48. The van der Waals surface area contributed by atoms with Crippen LogP contribution in [0.3, 0.4) is 0 Å². The number of ether oxygens (including phenoxy) is 1. The van der Waals surface area contributed by atoms with Gasteiger partial charge in [0.2, 0.25) is 0 Å². The molecule has 0 saturated heterocycles. The molecule has 1 unspecified atom stereocenters. The van der Waals surface area contributed by atoms with Crippen LogP contribution in [0.1, 0.15) is 20.8 Å². The highest BCUT2D eigenvalue weighted by molar-refractivity contribution is 7.13. The fraction of sp³-hybridized carbons (Fsp3) is 0.467. The Labute approximate surface area is 129 Å². The standard InChI is InChI=1S/C15H21N3O2S/c1-11(2)17-15(3,14(19)20-4)10-18-8-7-16-13(18)12-6-5-9-21-12/h5-9,11,17H,10H2,1-4H3. The number of carbonyl (C=O) groups is 1. The van der Waals surface area contributed by atoms with E-state index in [0.717, 1.165) is 10.7 Å². The van der Waals surface area contributed by atoms with Gasteiger partial charge in [0.05, 0.1) is 18.5 Å². The Morgan fingerprint density at radius 2 is 2.33 bits per heavy atom. The molecular weight excluding hydrogens is 286 g/mol. The number of nitrogens with zero attached hydrogens (tertiary/aromatic N) is 2. The Hall–Kier alpha value is -1.66. The summed E-state index contributed by atoms with van der Waals surface area (Å²) in [5, 5.41) is 5.31. The van der Waals surface area contributed by atoms with E-state index in [9.17, 15) is 4.79 Å². The fourth-order valence-electron chi connectivity index (χ4n) is 2.44. The summed E-state index contributed by atoms with van der Waals surface area (Å²) in [7, 11) is 1.41. The number of hydrogen-bond acceptors (Lipinski definition) is 5. The van der Waals surface area contributed by atoms with Crippen molar-refractivity contribution in [1.82, 2.24) is 14.9 Å². The minimum Gasteiger partial charge on any atom is -0.468 e. The van der Waals surface area contributed by atoms with Crippen molar-refractivity contribution >= 4 is 17.3 Å². The number of hydrogen-bond donors (Lipinski definition) is 1. The van der Waals surface area contributed by atoms with Crippen LogP contribution in [0.4, 0.5) is 0 Å². The van der Waals surface area contributed by atoms with Crippen LogP contribution in [0.2, 0.25) is 0 Å². The van der Waals surface area contributed by atoms with Crippen molar-refractivity contribution in [3.8, 4) is 10.7 Å². The summed E-state index contributed by atoms with van der Waals surface area (Å²) in [5.41, 5.74) is -0.796. The molecule has 0 aliphatic rings. The maximum absolute atomic E-state index is 12.2. The number of imidazole rings is 1. The zero-order valence-corrected chi connectivity index (χ0v) is 13.6. The highest BCUT2D eigenvalue weighted by Crippen LogP contribution is 2.24. The maximum Gasteiger partial charge on any atom is 0.327 e. The summed E-state index contributed by atoms with van der Waals surface area (Å²) in [6, 6.07) is 4.18. The fourth-order valence-corrected chi connectivity index (χ4v) is 3.18. The molecule has 1 N–H and O–H groups in total. The van der Waals surface area contributed by atoms with E-state index in [0.29, 0.717) is 6.54 Å². The lowest BCUT2D eigenvalue weighted by molar-refractivity contribution is -0.148. The molecular formula is C15H21N3O2S. The van der Waals surface area contributed by atoms with Gasteiger partial charge in [0.15, 0.2) is 0 Å². The van der Waals surface area contributed by atoms with Crippen molar-refractivity contribution in [2.24, 2.45) is 0 Å². The lowest BCUT2D eigenvalue weighted by Crippen LogP contribution is -2.55. The van der Waals surface area contributed by atoms with Crippen LogP contribution in [0.5, 0.6) is 0 Å². The lowest BCUT2D eigenvalue weighted by Gasteiger charge is -2.31. The van der Waals surface area contributed by atoms with E-state index in [2.05, 4.69) is 10.3 Å². The minimum atomic E-state index is -0.796. The van der Waals surface area contributed by atoms with Gasteiger partial charge in [-0.3, -0.25) is 5.32 Å². The van der Waals surface area contributed by atoms with Gasteiger partial charge in [-0.25, -0.2) is 9.78 Å². The first-order valence-electron chi connectivity index (χ1n) is 6.87. The van der Waals surface area contributed by atoms with Gasteiger partial charge < -0.3 is 9.30 Å². The molecule has 0 aliphatic heterocycles. The molecule has 2 aromatic rings. The molecule has 2 heterocycles. The Bertz CT molecular complexity index is 592. The number of carbonyl (C=O) groups excluding carboxylic acids is 1. The normalized spacial score (nSPS) is 14.1. The molecule has 0 fully saturated rings. The second-order valence-corrected chi connectivity index (χ2v) is 6.43. The van der Waals surface area contributed by atoms with Gasteiger partial charge in [-0.15, -0.1) is 11.3 Å². The molecule has 0 amide bonds. The van der Waals surface area contributed by atoms with E-state index in [1.54, 1.807) is 17.5 Å². The van der Waals surface area contributed by atoms with E-state index < -0.39 is 5.54 Å². The molecule has 21 heavy (non-hydrogen) atoms. The van der Waals surface area contributed by atoms with Crippen molar-refractivity contribution in [3.05, 3.63) is 29.9 Å².